The number of nitrogens with zero attached hydrogens (tertiary/aromatic N) is 3. The van der Waals surface area contributed by atoms with Crippen LogP contribution in [-0.2, 0) is 6.54 Å². The van der Waals surface area contributed by atoms with Crippen LogP contribution in [0.5, 0.6) is 0 Å². The van der Waals surface area contributed by atoms with Crippen LogP contribution in [0.15, 0.2) is 35.4 Å². The predicted molar refractivity (Wildman–Crippen MR) is 118 cm³/mol. The molecule has 1 aromatic heterocycles. The lowest BCUT2D eigenvalue weighted by molar-refractivity contribution is 0.0754. The molecule has 0 unspecified atom stereocenters. The van der Waals surface area contributed by atoms with Crippen LogP contribution in [0.2, 0.25) is 0 Å². The molecule has 2 aromatic rings. The first-order valence-electron chi connectivity index (χ1n) is 9.99. The molecule has 1 aromatic carbocycles. The number of amides is 2. The van der Waals surface area contributed by atoms with E-state index in [4.69, 9.17) is 0 Å². The zero-order chi connectivity index (χ0) is 21.8. The van der Waals surface area contributed by atoms with Crippen LogP contribution in [0, 0.1) is 11.3 Å². The van der Waals surface area contributed by atoms with Crippen LogP contribution in [0.1, 0.15) is 70.1 Å². The highest BCUT2D eigenvalue weighted by molar-refractivity contribution is 7.98. The van der Waals surface area contributed by atoms with Crippen molar-refractivity contribution in [1.29, 1.82) is 5.26 Å². The summed E-state index contributed by atoms with van der Waals surface area (Å²) in [6.45, 7) is 4.24. The Kier molecular flexibility index (Phi) is 6.78. The zero-order valence-corrected chi connectivity index (χ0v) is 18.5. The van der Waals surface area contributed by atoms with Crippen molar-refractivity contribution in [2.24, 2.45) is 0 Å². The van der Waals surface area contributed by atoms with Gasteiger partial charge in [-0.2, -0.15) is 5.26 Å². The number of rotatable bonds is 7. The number of carbonyl (C=O) groups excluding carboxylic acids is 2. The van der Waals surface area contributed by atoms with Crippen LogP contribution >= 0.6 is 11.8 Å². The molecule has 0 radical (unpaired) electrons. The Morgan fingerprint density at radius 1 is 1.30 bits per heavy atom. The molecule has 1 fully saturated rings. The third-order valence-electron chi connectivity index (χ3n) is 5.30. The van der Waals surface area contributed by atoms with E-state index in [1.807, 2.05) is 32.2 Å². The fourth-order valence-electron chi connectivity index (χ4n) is 3.04. The van der Waals surface area contributed by atoms with Crippen molar-refractivity contribution in [2.75, 3.05) is 13.3 Å². The van der Waals surface area contributed by atoms with E-state index in [0.717, 1.165) is 24.1 Å². The molecule has 0 bridgehead atoms. The van der Waals surface area contributed by atoms with Gasteiger partial charge < -0.3 is 10.2 Å². The molecule has 0 atom stereocenters. The Morgan fingerprint density at radius 3 is 2.50 bits per heavy atom. The second-order valence-corrected chi connectivity index (χ2v) is 8.55. The second kappa shape index (κ2) is 9.31. The van der Waals surface area contributed by atoms with Crippen LogP contribution in [0.3, 0.4) is 0 Å². The largest absolute Gasteiger partial charge is 0.348 e. The van der Waals surface area contributed by atoms with Gasteiger partial charge in [-0.3, -0.25) is 9.59 Å². The number of nitrogens with one attached hydrogen (secondary N) is 1. The Labute approximate surface area is 181 Å². The van der Waals surface area contributed by atoms with Crippen molar-refractivity contribution < 1.29 is 9.59 Å². The summed E-state index contributed by atoms with van der Waals surface area (Å²) in [5.41, 5.74) is 3.08. The summed E-state index contributed by atoms with van der Waals surface area (Å²) in [5, 5.41) is 13.1. The third kappa shape index (κ3) is 4.82. The summed E-state index contributed by atoms with van der Waals surface area (Å²) < 4.78 is 0. The van der Waals surface area contributed by atoms with Crippen molar-refractivity contribution in [3.8, 4) is 6.07 Å². The normalized spacial score (nSPS) is 13.1. The molecule has 1 N–H and O–H groups in total. The highest BCUT2D eigenvalue weighted by Crippen LogP contribution is 2.40. The molecule has 0 saturated heterocycles. The Bertz CT molecular complexity index is 991. The van der Waals surface area contributed by atoms with Gasteiger partial charge in [-0.05, 0) is 56.7 Å². The van der Waals surface area contributed by atoms with Crippen molar-refractivity contribution >= 4 is 23.6 Å². The summed E-state index contributed by atoms with van der Waals surface area (Å²) in [5.74, 6) is 0.0725. The van der Waals surface area contributed by atoms with Crippen LogP contribution in [0.4, 0.5) is 0 Å². The van der Waals surface area contributed by atoms with Gasteiger partial charge in [-0.15, -0.1) is 11.8 Å². The Balaban J connectivity index is 1.72. The van der Waals surface area contributed by atoms with Gasteiger partial charge in [0.1, 0.15) is 11.1 Å². The minimum absolute atomic E-state index is 0.0340. The van der Waals surface area contributed by atoms with Crippen molar-refractivity contribution in [3.63, 3.8) is 0 Å². The van der Waals surface area contributed by atoms with Gasteiger partial charge >= 0.3 is 0 Å². The number of carbonyl (C=O) groups is 2. The summed E-state index contributed by atoms with van der Waals surface area (Å²) in [4.78, 5) is 31.5. The molecule has 7 heteroatoms. The number of benzene rings is 1. The van der Waals surface area contributed by atoms with E-state index in [1.165, 1.54) is 11.8 Å². The molecule has 3 rings (SSSR count). The van der Waals surface area contributed by atoms with Gasteiger partial charge in [0, 0.05) is 36.8 Å². The smallest absolute Gasteiger partial charge is 0.253 e. The standard InChI is InChI=1S/C23H26N4O2S/c1-14(2)27(3)23(29)17-7-5-15(6-8-17)13-25-21(28)18-11-20(16-9-10-16)26-22(30-4)19(18)12-24/h5-8,11,14,16H,9-10,13H2,1-4H3,(H,25,28). The molecule has 30 heavy (non-hydrogen) atoms. The summed E-state index contributed by atoms with van der Waals surface area (Å²) >= 11 is 1.38. The van der Waals surface area contributed by atoms with E-state index in [1.54, 1.807) is 30.1 Å². The minimum atomic E-state index is -0.286. The summed E-state index contributed by atoms with van der Waals surface area (Å²) in [6.07, 6.45) is 4.01. The van der Waals surface area contributed by atoms with Crippen molar-refractivity contribution in [2.45, 2.75) is 50.2 Å². The highest BCUT2D eigenvalue weighted by atomic mass is 32.2. The number of nitriles is 1. The maximum absolute atomic E-state index is 12.8. The number of hydrogen-bond acceptors (Lipinski definition) is 5. The van der Waals surface area contributed by atoms with Crippen LogP contribution < -0.4 is 5.32 Å². The molecule has 0 spiro atoms. The van der Waals surface area contributed by atoms with Crippen LogP contribution in [0.25, 0.3) is 0 Å². The zero-order valence-electron chi connectivity index (χ0n) is 17.7. The lowest BCUT2D eigenvalue weighted by atomic mass is 10.1. The average molecular weight is 423 g/mol. The molecule has 2 amide bonds. The molecular weight excluding hydrogens is 396 g/mol. The summed E-state index contributed by atoms with van der Waals surface area (Å²) in [6, 6.07) is 11.2. The third-order valence-corrected chi connectivity index (χ3v) is 5.98. The van der Waals surface area contributed by atoms with Crippen molar-refractivity contribution in [3.05, 3.63) is 58.3 Å². The van der Waals surface area contributed by atoms with E-state index in [9.17, 15) is 14.9 Å². The lowest BCUT2D eigenvalue weighted by Crippen LogP contribution is -2.32. The molecule has 1 saturated carbocycles. The summed E-state index contributed by atoms with van der Waals surface area (Å²) in [7, 11) is 1.78. The second-order valence-electron chi connectivity index (χ2n) is 7.75. The highest BCUT2D eigenvalue weighted by Gasteiger charge is 2.28. The monoisotopic (exact) mass is 422 g/mol. The van der Waals surface area contributed by atoms with Gasteiger partial charge in [0.25, 0.3) is 11.8 Å². The molecule has 1 aliphatic carbocycles. The van der Waals surface area contributed by atoms with E-state index >= 15 is 0 Å². The first kappa shape index (κ1) is 21.8. The Hall–Kier alpha value is -2.85. The van der Waals surface area contributed by atoms with Gasteiger partial charge in [-0.25, -0.2) is 4.98 Å². The molecule has 1 aliphatic rings. The average Bonchev–Trinajstić information content (AvgIpc) is 3.61. The van der Waals surface area contributed by atoms with Gasteiger partial charge in [0.2, 0.25) is 0 Å². The van der Waals surface area contributed by atoms with Gasteiger partial charge in [-0.1, -0.05) is 12.1 Å². The first-order valence-corrected chi connectivity index (χ1v) is 11.2. The van der Waals surface area contributed by atoms with Gasteiger partial charge in [0.05, 0.1) is 11.1 Å². The van der Waals surface area contributed by atoms with E-state index in [0.29, 0.717) is 34.2 Å². The SMILES string of the molecule is CSc1nc(C2CC2)cc(C(=O)NCc2ccc(C(=O)N(C)C(C)C)cc2)c1C#N. The van der Waals surface area contributed by atoms with E-state index in [2.05, 4.69) is 16.4 Å². The maximum Gasteiger partial charge on any atom is 0.253 e. The van der Waals surface area contributed by atoms with Crippen LogP contribution in [-0.4, -0.2) is 41.0 Å². The predicted octanol–water partition coefficient (Wildman–Crippen LogP) is 3.96. The minimum Gasteiger partial charge on any atom is -0.348 e. The Morgan fingerprint density at radius 2 is 1.97 bits per heavy atom. The molecule has 156 valence electrons. The lowest BCUT2D eigenvalue weighted by Gasteiger charge is -2.21. The molecular formula is C23H26N4O2S. The molecule has 1 heterocycles. The first-order chi connectivity index (χ1) is 14.3. The molecule has 6 nitrogen and oxygen atoms in total. The van der Waals surface area contributed by atoms with Gasteiger partial charge in [0.15, 0.2) is 0 Å². The quantitative estimate of drug-likeness (QED) is 0.683. The number of hydrogen-bond donors (Lipinski definition) is 1. The maximum atomic E-state index is 12.8. The topological polar surface area (TPSA) is 86.1 Å². The van der Waals surface area contributed by atoms with E-state index < -0.39 is 0 Å². The van der Waals surface area contributed by atoms with Crippen molar-refractivity contribution in [1.82, 2.24) is 15.2 Å². The fourth-order valence-corrected chi connectivity index (χ4v) is 3.60. The number of pyridine rings is 1. The number of aromatic nitrogens is 1. The molecule has 0 aliphatic heterocycles. The fraction of sp³-hybridized carbons (Fsp3) is 0.391. The number of thioether (sulfide) groups is 1. The van der Waals surface area contributed by atoms with E-state index in [-0.39, 0.29) is 17.9 Å².